The highest BCUT2D eigenvalue weighted by atomic mass is 16.5. The summed E-state index contributed by atoms with van der Waals surface area (Å²) in [5.41, 5.74) is 1.36. The van der Waals surface area contributed by atoms with E-state index in [4.69, 9.17) is 4.74 Å². The number of nitrogens with zero attached hydrogens (tertiary/aromatic N) is 2. The van der Waals surface area contributed by atoms with E-state index in [-0.39, 0.29) is 42.7 Å². The molecule has 9 nitrogen and oxygen atoms in total. The zero-order chi connectivity index (χ0) is 22.3. The van der Waals surface area contributed by atoms with Crippen LogP contribution in [0.25, 0.3) is 0 Å². The molecule has 5 rings (SSSR count). The number of carbonyl (C=O) groups is 4. The van der Waals surface area contributed by atoms with Gasteiger partial charge in [-0.3, -0.25) is 24.5 Å². The third kappa shape index (κ3) is 3.74. The van der Waals surface area contributed by atoms with Crippen molar-refractivity contribution in [3.63, 3.8) is 0 Å². The Bertz CT molecular complexity index is 971. The smallest absolute Gasteiger partial charge is 0.260 e. The van der Waals surface area contributed by atoms with Crippen LogP contribution in [0.1, 0.15) is 48.0 Å². The van der Waals surface area contributed by atoms with Crippen molar-refractivity contribution in [2.45, 2.75) is 44.7 Å². The zero-order valence-corrected chi connectivity index (χ0v) is 18.0. The first-order valence-corrected chi connectivity index (χ1v) is 11.3. The number of carbonyl (C=O) groups excluding carboxylic acids is 4. The predicted molar refractivity (Wildman–Crippen MR) is 114 cm³/mol. The Labute approximate surface area is 186 Å². The van der Waals surface area contributed by atoms with E-state index in [2.05, 4.69) is 10.6 Å². The predicted octanol–water partition coefficient (Wildman–Crippen LogP) is 0.429. The highest BCUT2D eigenvalue weighted by Crippen LogP contribution is 2.37. The van der Waals surface area contributed by atoms with Gasteiger partial charge in [-0.15, -0.1) is 0 Å². The molecule has 1 aromatic carbocycles. The molecule has 2 N–H and O–H groups in total. The molecule has 0 aromatic heterocycles. The summed E-state index contributed by atoms with van der Waals surface area (Å²) in [7, 11) is 0. The molecule has 0 saturated carbocycles. The van der Waals surface area contributed by atoms with Crippen molar-refractivity contribution >= 4 is 23.6 Å². The van der Waals surface area contributed by atoms with Crippen LogP contribution in [0.4, 0.5) is 0 Å². The molecule has 4 aliphatic heterocycles. The van der Waals surface area contributed by atoms with Crippen LogP contribution in [0.15, 0.2) is 18.2 Å². The molecule has 170 valence electrons. The zero-order valence-electron chi connectivity index (χ0n) is 18.0. The Kier molecular flexibility index (Phi) is 5.36. The molecule has 2 atom stereocenters. The largest absolute Gasteiger partial charge is 0.483 e. The number of likely N-dealkylation sites (tertiary alicyclic amines) is 1. The number of ether oxygens (including phenoxy) is 1. The van der Waals surface area contributed by atoms with Gasteiger partial charge in [0.15, 0.2) is 6.61 Å². The van der Waals surface area contributed by atoms with E-state index in [0.717, 1.165) is 45.4 Å². The molecule has 2 unspecified atom stereocenters. The number of benzene rings is 1. The van der Waals surface area contributed by atoms with E-state index >= 15 is 0 Å². The van der Waals surface area contributed by atoms with Crippen LogP contribution in [-0.4, -0.2) is 72.3 Å². The lowest BCUT2D eigenvalue weighted by Gasteiger charge is -2.33. The second-order valence-electron chi connectivity index (χ2n) is 9.32. The molecule has 0 aliphatic carbocycles. The Hall–Kier alpha value is -2.94. The van der Waals surface area contributed by atoms with Crippen LogP contribution in [0.2, 0.25) is 0 Å². The first-order valence-electron chi connectivity index (χ1n) is 11.3. The molecular weight excluding hydrogens is 412 g/mol. The lowest BCUT2D eigenvalue weighted by molar-refractivity contribution is -0.137. The number of hydrogen-bond donors (Lipinski definition) is 2. The van der Waals surface area contributed by atoms with Crippen molar-refractivity contribution in [1.29, 1.82) is 0 Å². The Morgan fingerprint density at radius 2 is 2.09 bits per heavy atom. The molecule has 3 fully saturated rings. The topological polar surface area (TPSA) is 108 Å². The number of fused-ring (bicyclic) bond motifs is 1. The summed E-state index contributed by atoms with van der Waals surface area (Å²) in [5, 5.41) is 5.76. The van der Waals surface area contributed by atoms with Crippen LogP contribution in [-0.2, 0) is 20.9 Å². The van der Waals surface area contributed by atoms with Gasteiger partial charge in [0.25, 0.3) is 11.8 Å². The van der Waals surface area contributed by atoms with Gasteiger partial charge in [-0.1, -0.05) is 6.07 Å². The maximum absolute atomic E-state index is 12.9. The van der Waals surface area contributed by atoms with E-state index in [0.29, 0.717) is 23.3 Å². The summed E-state index contributed by atoms with van der Waals surface area (Å²) in [4.78, 5) is 52.8. The quantitative estimate of drug-likeness (QED) is 0.658. The van der Waals surface area contributed by atoms with E-state index in [1.165, 1.54) is 4.90 Å². The summed E-state index contributed by atoms with van der Waals surface area (Å²) >= 11 is 0. The Morgan fingerprint density at radius 1 is 1.22 bits per heavy atom. The maximum atomic E-state index is 12.9. The van der Waals surface area contributed by atoms with Crippen molar-refractivity contribution in [3.05, 3.63) is 29.3 Å². The molecular formula is C23H28N4O5. The van der Waals surface area contributed by atoms with Gasteiger partial charge in [-0.2, -0.15) is 0 Å². The number of nitrogens with one attached hydrogen (secondary N) is 2. The summed E-state index contributed by atoms with van der Waals surface area (Å²) in [6.45, 7) is 3.67. The minimum atomic E-state index is -0.674. The normalized spacial score (nSPS) is 27.6. The minimum Gasteiger partial charge on any atom is -0.483 e. The molecule has 0 bridgehead atoms. The lowest BCUT2D eigenvalue weighted by Crippen LogP contribution is -2.52. The number of rotatable bonds is 4. The van der Waals surface area contributed by atoms with Crippen LogP contribution in [0.5, 0.6) is 5.75 Å². The third-order valence-electron chi connectivity index (χ3n) is 7.24. The average Bonchev–Trinajstić information content (AvgIpc) is 3.34. The van der Waals surface area contributed by atoms with Gasteiger partial charge in [0, 0.05) is 42.6 Å². The Balaban J connectivity index is 1.24. The van der Waals surface area contributed by atoms with Crippen molar-refractivity contribution in [3.8, 4) is 5.75 Å². The summed E-state index contributed by atoms with van der Waals surface area (Å²) in [5.74, 6) is -0.563. The fourth-order valence-corrected chi connectivity index (χ4v) is 5.45. The van der Waals surface area contributed by atoms with Crippen LogP contribution in [0.3, 0.4) is 0 Å². The molecule has 1 aromatic rings. The maximum Gasteiger partial charge on any atom is 0.260 e. The van der Waals surface area contributed by atoms with Crippen molar-refractivity contribution in [1.82, 2.24) is 20.4 Å². The van der Waals surface area contributed by atoms with Gasteiger partial charge in [0.05, 0.1) is 6.54 Å². The SMILES string of the molecule is O=C1CCC(N2Cc3c(OCC(=O)N4CCC5(CCCNC5)C4)cccc3C2=O)C(=O)N1. The van der Waals surface area contributed by atoms with Gasteiger partial charge in [-0.05, 0) is 44.4 Å². The molecule has 4 amide bonds. The van der Waals surface area contributed by atoms with Gasteiger partial charge in [0.2, 0.25) is 11.8 Å². The monoisotopic (exact) mass is 440 g/mol. The number of amides is 4. The first-order chi connectivity index (χ1) is 15.5. The molecule has 0 radical (unpaired) electrons. The highest BCUT2D eigenvalue weighted by Gasteiger charge is 2.42. The summed E-state index contributed by atoms with van der Waals surface area (Å²) in [6.07, 6.45) is 3.83. The third-order valence-corrected chi connectivity index (χ3v) is 7.24. The number of imide groups is 1. The van der Waals surface area contributed by atoms with Gasteiger partial charge >= 0.3 is 0 Å². The molecule has 3 saturated heterocycles. The van der Waals surface area contributed by atoms with E-state index in [1.807, 2.05) is 4.90 Å². The van der Waals surface area contributed by atoms with Crippen LogP contribution >= 0.6 is 0 Å². The lowest BCUT2D eigenvalue weighted by atomic mass is 9.80. The van der Waals surface area contributed by atoms with Crippen molar-refractivity contribution in [2.24, 2.45) is 5.41 Å². The fourth-order valence-electron chi connectivity index (χ4n) is 5.45. The van der Waals surface area contributed by atoms with Gasteiger partial charge < -0.3 is 19.9 Å². The molecule has 32 heavy (non-hydrogen) atoms. The highest BCUT2D eigenvalue weighted by molar-refractivity contribution is 6.05. The second-order valence-corrected chi connectivity index (χ2v) is 9.32. The molecule has 4 heterocycles. The van der Waals surface area contributed by atoms with E-state index < -0.39 is 11.9 Å². The summed E-state index contributed by atoms with van der Waals surface area (Å²) < 4.78 is 5.89. The fraction of sp³-hybridized carbons (Fsp3) is 0.565. The van der Waals surface area contributed by atoms with Crippen LogP contribution < -0.4 is 15.4 Å². The van der Waals surface area contributed by atoms with E-state index in [1.54, 1.807) is 18.2 Å². The second kappa shape index (κ2) is 8.20. The molecule has 1 spiro atoms. The van der Waals surface area contributed by atoms with E-state index in [9.17, 15) is 19.2 Å². The minimum absolute atomic E-state index is 0.0450. The van der Waals surface area contributed by atoms with Crippen LogP contribution in [0, 0.1) is 5.41 Å². The molecule has 4 aliphatic rings. The standard InChI is InChI=1S/C23H28N4O5/c28-19-6-5-17(21(30)25-19)27-11-16-15(22(27)31)3-1-4-18(16)32-12-20(29)26-10-8-23(14-26)7-2-9-24-13-23/h1,3-4,17,24H,2,5-14H2,(H,25,28,30). The van der Waals surface area contributed by atoms with Crippen molar-refractivity contribution in [2.75, 3.05) is 32.8 Å². The van der Waals surface area contributed by atoms with Gasteiger partial charge in [0.1, 0.15) is 11.8 Å². The first kappa shape index (κ1) is 20.9. The van der Waals surface area contributed by atoms with Gasteiger partial charge in [-0.25, -0.2) is 0 Å². The average molecular weight is 441 g/mol. The number of hydrogen-bond acceptors (Lipinski definition) is 6. The number of piperidine rings is 2. The summed E-state index contributed by atoms with van der Waals surface area (Å²) in [6, 6.07) is 4.51. The Morgan fingerprint density at radius 3 is 2.88 bits per heavy atom. The van der Waals surface area contributed by atoms with Crippen molar-refractivity contribution < 1.29 is 23.9 Å². The molecule has 9 heteroatoms.